The summed E-state index contributed by atoms with van der Waals surface area (Å²) in [5.41, 5.74) is 2.14. The van der Waals surface area contributed by atoms with Gasteiger partial charge in [-0.2, -0.15) is 0 Å². The number of hydrogen-bond acceptors (Lipinski definition) is 6. The largest absolute Gasteiger partial charge is 0.491 e. The van der Waals surface area contributed by atoms with Gasteiger partial charge in [-0.25, -0.2) is 4.79 Å². The van der Waals surface area contributed by atoms with E-state index in [4.69, 9.17) is 9.47 Å². The van der Waals surface area contributed by atoms with Crippen LogP contribution in [0.15, 0.2) is 18.2 Å². The van der Waals surface area contributed by atoms with Crippen molar-refractivity contribution in [2.75, 3.05) is 52.5 Å². The molecule has 0 aliphatic carbocycles. The molecule has 3 aliphatic heterocycles. The van der Waals surface area contributed by atoms with E-state index in [9.17, 15) is 14.4 Å². The molecular formula is C22H30N4O5. The fourth-order valence-electron chi connectivity index (χ4n) is 4.33. The topological polar surface area (TPSA) is 91.4 Å². The molecule has 0 spiro atoms. The molecule has 31 heavy (non-hydrogen) atoms. The van der Waals surface area contributed by atoms with Gasteiger partial charge >= 0.3 is 6.09 Å². The smallest absolute Gasteiger partial charge is 0.409 e. The number of hydrogen-bond donors (Lipinski definition) is 1. The average molecular weight is 431 g/mol. The first-order valence-corrected chi connectivity index (χ1v) is 11.0. The van der Waals surface area contributed by atoms with Crippen molar-refractivity contribution in [3.05, 3.63) is 29.3 Å². The van der Waals surface area contributed by atoms with Crippen molar-refractivity contribution in [1.82, 2.24) is 20.0 Å². The predicted octanol–water partition coefficient (Wildman–Crippen LogP) is 0.818. The van der Waals surface area contributed by atoms with Gasteiger partial charge in [-0.05, 0) is 24.6 Å². The summed E-state index contributed by atoms with van der Waals surface area (Å²) in [6, 6.07) is 6.15. The number of amides is 3. The summed E-state index contributed by atoms with van der Waals surface area (Å²) in [5.74, 6) is 0.477. The molecular weight excluding hydrogens is 400 g/mol. The number of nitrogens with one attached hydrogen (secondary N) is 1. The van der Waals surface area contributed by atoms with Crippen LogP contribution in [0, 0.1) is 5.92 Å². The lowest BCUT2D eigenvalue weighted by Gasteiger charge is -2.34. The number of rotatable bonds is 4. The highest BCUT2D eigenvalue weighted by Crippen LogP contribution is 2.26. The first kappa shape index (κ1) is 21.4. The molecule has 1 aromatic rings. The maximum absolute atomic E-state index is 12.9. The van der Waals surface area contributed by atoms with Crippen molar-refractivity contribution in [3.8, 4) is 5.75 Å². The highest BCUT2D eigenvalue weighted by Gasteiger charge is 2.32. The minimum absolute atomic E-state index is 0.00953. The highest BCUT2D eigenvalue weighted by molar-refractivity contribution is 5.89. The van der Waals surface area contributed by atoms with Crippen LogP contribution in [0.4, 0.5) is 4.79 Å². The molecule has 4 rings (SSSR count). The quantitative estimate of drug-likeness (QED) is 0.761. The zero-order valence-corrected chi connectivity index (χ0v) is 18.0. The van der Waals surface area contributed by atoms with E-state index in [2.05, 4.69) is 22.3 Å². The van der Waals surface area contributed by atoms with Crippen molar-refractivity contribution in [3.63, 3.8) is 0 Å². The van der Waals surface area contributed by atoms with E-state index in [1.807, 2.05) is 13.0 Å². The first-order chi connectivity index (χ1) is 15.0. The van der Waals surface area contributed by atoms with Crippen LogP contribution in [0.1, 0.15) is 24.5 Å². The number of piperazine rings is 1. The van der Waals surface area contributed by atoms with Crippen LogP contribution in [0.25, 0.3) is 0 Å². The monoisotopic (exact) mass is 430 g/mol. The SMILES string of the molecule is CCOC(=O)N1CCN(Cc2ccc3c(c2)CN(C(=O)C2CNC(=O)C2)CCO3)CC1. The van der Waals surface area contributed by atoms with Crippen LogP contribution < -0.4 is 10.1 Å². The lowest BCUT2D eigenvalue weighted by Crippen LogP contribution is -2.48. The van der Waals surface area contributed by atoms with Gasteiger partial charge in [-0.3, -0.25) is 14.5 Å². The summed E-state index contributed by atoms with van der Waals surface area (Å²) < 4.78 is 11.0. The second kappa shape index (κ2) is 9.55. The molecule has 0 bridgehead atoms. The van der Waals surface area contributed by atoms with Gasteiger partial charge in [0, 0.05) is 57.8 Å². The van der Waals surface area contributed by atoms with E-state index in [1.54, 1.807) is 9.80 Å². The Morgan fingerprint density at radius 3 is 2.68 bits per heavy atom. The Kier molecular flexibility index (Phi) is 6.60. The molecule has 2 fully saturated rings. The minimum atomic E-state index is -0.284. The van der Waals surface area contributed by atoms with Gasteiger partial charge in [-0.15, -0.1) is 0 Å². The zero-order valence-electron chi connectivity index (χ0n) is 18.0. The predicted molar refractivity (Wildman–Crippen MR) is 112 cm³/mol. The van der Waals surface area contributed by atoms with Crippen molar-refractivity contribution in [1.29, 1.82) is 0 Å². The van der Waals surface area contributed by atoms with Crippen molar-refractivity contribution >= 4 is 17.9 Å². The second-order valence-corrected chi connectivity index (χ2v) is 8.22. The number of ether oxygens (including phenoxy) is 2. The van der Waals surface area contributed by atoms with Gasteiger partial charge in [0.05, 0.1) is 19.1 Å². The molecule has 0 aromatic heterocycles. The molecule has 1 N–H and O–H groups in total. The normalized spacial score (nSPS) is 21.7. The lowest BCUT2D eigenvalue weighted by molar-refractivity contribution is -0.136. The van der Waals surface area contributed by atoms with E-state index in [1.165, 1.54) is 0 Å². The molecule has 0 radical (unpaired) electrons. The van der Waals surface area contributed by atoms with Crippen LogP contribution in [-0.2, 0) is 27.4 Å². The van der Waals surface area contributed by atoms with Crippen molar-refractivity contribution < 1.29 is 23.9 Å². The molecule has 9 heteroatoms. The lowest BCUT2D eigenvalue weighted by atomic mass is 10.1. The van der Waals surface area contributed by atoms with Crippen LogP contribution in [0.3, 0.4) is 0 Å². The summed E-state index contributed by atoms with van der Waals surface area (Å²) in [6.07, 6.45) is 0.0224. The molecule has 1 unspecified atom stereocenters. The van der Waals surface area contributed by atoms with E-state index >= 15 is 0 Å². The van der Waals surface area contributed by atoms with Gasteiger partial charge in [0.25, 0.3) is 0 Å². The highest BCUT2D eigenvalue weighted by atomic mass is 16.6. The van der Waals surface area contributed by atoms with E-state index in [0.717, 1.165) is 36.5 Å². The van der Waals surface area contributed by atoms with Gasteiger partial charge in [0.1, 0.15) is 12.4 Å². The average Bonchev–Trinajstić information content (AvgIpc) is 3.09. The molecule has 168 valence electrons. The summed E-state index contributed by atoms with van der Waals surface area (Å²) in [7, 11) is 0. The summed E-state index contributed by atoms with van der Waals surface area (Å²) in [5, 5.41) is 2.74. The van der Waals surface area contributed by atoms with Gasteiger partial charge in [0.2, 0.25) is 11.8 Å². The Morgan fingerprint density at radius 2 is 1.97 bits per heavy atom. The van der Waals surface area contributed by atoms with Gasteiger partial charge in [0.15, 0.2) is 0 Å². The molecule has 3 aliphatic rings. The third kappa shape index (κ3) is 5.10. The number of benzene rings is 1. The number of fused-ring (bicyclic) bond motifs is 1. The number of nitrogens with zero attached hydrogens (tertiary/aromatic N) is 3. The maximum atomic E-state index is 12.9. The number of carbonyl (C=O) groups is 3. The Balaban J connectivity index is 1.37. The molecule has 1 atom stereocenters. The van der Waals surface area contributed by atoms with Crippen molar-refractivity contribution in [2.24, 2.45) is 5.92 Å². The molecule has 0 saturated carbocycles. The maximum Gasteiger partial charge on any atom is 0.409 e. The molecule has 3 heterocycles. The zero-order chi connectivity index (χ0) is 21.8. The van der Waals surface area contributed by atoms with Crippen LogP contribution >= 0.6 is 0 Å². The second-order valence-electron chi connectivity index (χ2n) is 8.22. The molecule has 2 saturated heterocycles. The Bertz CT molecular complexity index is 837. The van der Waals surface area contributed by atoms with Crippen molar-refractivity contribution in [2.45, 2.75) is 26.4 Å². The summed E-state index contributed by atoms with van der Waals surface area (Å²) in [4.78, 5) is 42.1. The number of carbonyl (C=O) groups excluding carboxylic acids is 3. The summed E-state index contributed by atoms with van der Waals surface area (Å²) in [6.45, 7) is 7.75. The van der Waals surface area contributed by atoms with E-state index < -0.39 is 0 Å². The molecule has 3 amide bonds. The Labute approximate surface area is 182 Å². The van der Waals surface area contributed by atoms with Crippen LogP contribution in [0.5, 0.6) is 5.75 Å². The molecule has 1 aromatic carbocycles. The fraction of sp³-hybridized carbons (Fsp3) is 0.591. The molecule has 9 nitrogen and oxygen atoms in total. The van der Waals surface area contributed by atoms with E-state index in [-0.39, 0.29) is 30.2 Å². The standard InChI is InChI=1S/C22H30N4O5/c1-2-30-22(29)25-7-5-24(6-8-25)14-16-3-4-19-18(11-16)15-26(9-10-31-19)21(28)17-12-20(27)23-13-17/h3-4,11,17H,2,5-10,12-15H2,1H3,(H,23,27). The third-order valence-corrected chi connectivity index (χ3v) is 6.05. The minimum Gasteiger partial charge on any atom is -0.491 e. The summed E-state index contributed by atoms with van der Waals surface area (Å²) >= 11 is 0. The third-order valence-electron chi connectivity index (χ3n) is 6.05. The Hall–Kier alpha value is -2.81. The van der Waals surface area contributed by atoms with E-state index in [0.29, 0.717) is 45.9 Å². The first-order valence-electron chi connectivity index (χ1n) is 11.0. The van der Waals surface area contributed by atoms with Crippen LogP contribution in [0.2, 0.25) is 0 Å². The fourth-order valence-corrected chi connectivity index (χ4v) is 4.33. The van der Waals surface area contributed by atoms with Gasteiger partial charge in [-0.1, -0.05) is 6.07 Å². The van der Waals surface area contributed by atoms with Crippen LogP contribution in [-0.4, -0.2) is 85.1 Å². The Morgan fingerprint density at radius 1 is 1.16 bits per heavy atom. The van der Waals surface area contributed by atoms with Gasteiger partial charge < -0.3 is 24.6 Å².